The first-order valence-corrected chi connectivity index (χ1v) is 8.75. The fourth-order valence-corrected chi connectivity index (χ4v) is 3.04. The molecular weight excluding hydrogens is 317 g/mol. The zero-order valence-corrected chi connectivity index (χ0v) is 14.5. The van der Waals surface area contributed by atoms with Crippen LogP contribution < -0.4 is 10.2 Å². The Balaban J connectivity index is 1.46. The number of rotatable bonds is 5. The molecule has 0 unspecified atom stereocenters. The van der Waals surface area contributed by atoms with Crippen molar-refractivity contribution >= 4 is 17.3 Å². The van der Waals surface area contributed by atoms with Crippen LogP contribution in [0.2, 0.25) is 0 Å². The topological polar surface area (TPSA) is 35.6 Å². The molecule has 0 aliphatic carbocycles. The summed E-state index contributed by atoms with van der Waals surface area (Å²) in [5.41, 5.74) is 3.13. The van der Waals surface area contributed by atoms with Crippen LogP contribution in [0, 0.1) is 5.82 Å². The quantitative estimate of drug-likeness (QED) is 0.907. The second kappa shape index (κ2) is 8.12. The van der Waals surface area contributed by atoms with Gasteiger partial charge in [-0.25, -0.2) is 4.39 Å². The number of hydrogen-bond acceptors (Lipinski definition) is 3. The number of anilines is 2. The van der Waals surface area contributed by atoms with Gasteiger partial charge in [-0.15, -0.1) is 0 Å². The maximum atomic E-state index is 13.0. The Morgan fingerprint density at radius 2 is 1.64 bits per heavy atom. The van der Waals surface area contributed by atoms with E-state index in [4.69, 9.17) is 0 Å². The molecule has 1 saturated heterocycles. The lowest BCUT2D eigenvalue weighted by atomic mass is 10.1. The van der Waals surface area contributed by atoms with E-state index in [1.807, 2.05) is 24.3 Å². The molecule has 2 aromatic rings. The van der Waals surface area contributed by atoms with Crippen LogP contribution in [0.4, 0.5) is 15.8 Å². The van der Waals surface area contributed by atoms with E-state index in [0.29, 0.717) is 6.54 Å². The molecule has 0 bridgehead atoms. The number of nitrogens with zero attached hydrogens (tertiary/aromatic N) is 2. The first-order valence-electron chi connectivity index (χ1n) is 8.75. The van der Waals surface area contributed by atoms with Crippen molar-refractivity contribution in [2.75, 3.05) is 42.9 Å². The molecule has 4 nitrogen and oxygen atoms in total. The zero-order chi connectivity index (χ0) is 17.6. The Hall–Kier alpha value is -2.40. The summed E-state index contributed by atoms with van der Waals surface area (Å²) in [5.74, 6) is -0.203. The summed E-state index contributed by atoms with van der Waals surface area (Å²) in [6, 6.07) is 14.5. The van der Waals surface area contributed by atoms with Gasteiger partial charge in [-0.1, -0.05) is 19.1 Å². The number of benzene rings is 2. The number of carbonyl (C=O) groups excluding carboxylic acids is 1. The molecule has 5 heteroatoms. The van der Waals surface area contributed by atoms with Crippen LogP contribution in [-0.2, 0) is 11.2 Å². The standard InChI is InChI=1S/C20H24FN3O/c1-2-16-3-7-18(8-4-16)22-20(25)15-23-11-13-24(14-12-23)19-9-5-17(21)6-10-19/h3-10H,2,11-15H2,1H3,(H,22,25). The third kappa shape index (κ3) is 4.79. The van der Waals surface area contributed by atoms with Crippen LogP contribution in [0.25, 0.3) is 0 Å². The van der Waals surface area contributed by atoms with Crippen LogP contribution in [0.15, 0.2) is 48.5 Å². The number of amides is 1. The summed E-state index contributed by atoms with van der Waals surface area (Å²) in [4.78, 5) is 16.6. The number of nitrogens with one attached hydrogen (secondary N) is 1. The molecule has 0 spiro atoms. The van der Waals surface area contributed by atoms with Crippen molar-refractivity contribution in [1.29, 1.82) is 0 Å². The van der Waals surface area contributed by atoms with Gasteiger partial charge < -0.3 is 10.2 Å². The van der Waals surface area contributed by atoms with Gasteiger partial charge in [-0.05, 0) is 48.4 Å². The average Bonchev–Trinajstić information content (AvgIpc) is 2.64. The van der Waals surface area contributed by atoms with Crippen molar-refractivity contribution in [2.24, 2.45) is 0 Å². The van der Waals surface area contributed by atoms with Crippen LogP contribution in [-0.4, -0.2) is 43.5 Å². The van der Waals surface area contributed by atoms with E-state index >= 15 is 0 Å². The maximum Gasteiger partial charge on any atom is 0.238 e. The molecule has 25 heavy (non-hydrogen) atoms. The van der Waals surface area contributed by atoms with Gasteiger partial charge >= 0.3 is 0 Å². The summed E-state index contributed by atoms with van der Waals surface area (Å²) in [6.07, 6.45) is 0.993. The van der Waals surface area contributed by atoms with Gasteiger partial charge in [0.15, 0.2) is 0 Å². The van der Waals surface area contributed by atoms with Crippen molar-refractivity contribution < 1.29 is 9.18 Å². The Morgan fingerprint density at radius 1 is 1.00 bits per heavy atom. The second-order valence-corrected chi connectivity index (χ2v) is 6.34. The highest BCUT2D eigenvalue weighted by molar-refractivity contribution is 5.92. The summed E-state index contributed by atoms with van der Waals surface area (Å²) >= 11 is 0. The number of aryl methyl sites for hydroxylation is 1. The minimum absolute atomic E-state index is 0.0134. The first-order chi connectivity index (χ1) is 12.1. The molecule has 0 saturated carbocycles. The van der Waals surface area contributed by atoms with Gasteiger partial charge in [0.05, 0.1) is 6.54 Å². The van der Waals surface area contributed by atoms with E-state index in [1.165, 1.54) is 17.7 Å². The highest BCUT2D eigenvalue weighted by Gasteiger charge is 2.19. The van der Waals surface area contributed by atoms with Crippen molar-refractivity contribution in [3.05, 3.63) is 59.9 Å². The second-order valence-electron chi connectivity index (χ2n) is 6.34. The third-order valence-corrected chi connectivity index (χ3v) is 4.58. The summed E-state index contributed by atoms with van der Waals surface area (Å²) in [7, 11) is 0. The smallest absolute Gasteiger partial charge is 0.238 e. The molecule has 1 heterocycles. The molecule has 1 N–H and O–H groups in total. The summed E-state index contributed by atoms with van der Waals surface area (Å²) in [6.45, 7) is 5.82. The van der Waals surface area contributed by atoms with Gasteiger partial charge in [-0.2, -0.15) is 0 Å². The summed E-state index contributed by atoms with van der Waals surface area (Å²) in [5, 5.41) is 2.95. The molecule has 1 aliphatic heterocycles. The minimum Gasteiger partial charge on any atom is -0.369 e. The molecule has 0 atom stereocenters. The number of hydrogen-bond donors (Lipinski definition) is 1. The molecule has 1 fully saturated rings. The molecule has 2 aromatic carbocycles. The van der Waals surface area contributed by atoms with Gasteiger partial charge in [-0.3, -0.25) is 9.69 Å². The largest absolute Gasteiger partial charge is 0.369 e. The normalized spacial score (nSPS) is 15.2. The van der Waals surface area contributed by atoms with Crippen molar-refractivity contribution in [2.45, 2.75) is 13.3 Å². The fourth-order valence-electron chi connectivity index (χ4n) is 3.04. The first kappa shape index (κ1) is 17.4. The lowest BCUT2D eigenvalue weighted by molar-refractivity contribution is -0.117. The Labute approximate surface area is 148 Å². The van der Waals surface area contributed by atoms with E-state index in [1.54, 1.807) is 12.1 Å². The van der Waals surface area contributed by atoms with Gasteiger partial charge in [0, 0.05) is 37.6 Å². The summed E-state index contributed by atoms with van der Waals surface area (Å²) < 4.78 is 13.0. The van der Waals surface area contributed by atoms with E-state index < -0.39 is 0 Å². The lowest BCUT2D eigenvalue weighted by Crippen LogP contribution is -2.48. The molecular formula is C20H24FN3O. The van der Waals surface area contributed by atoms with Crippen LogP contribution in [0.3, 0.4) is 0 Å². The Bertz CT molecular complexity index is 692. The monoisotopic (exact) mass is 341 g/mol. The van der Waals surface area contributed by atoms with Crippen LogP contribution >= 0.6 is 0 Å². The molecule has 3 rings (SSSR count). The van der Waals surface area contributed by atoms with Gasteiger partial charge in [0.25, 0.3) is 0 Å². The molecule has 0 aromatic heterocycles. The number of piperazine rings is 1. The van der Waals surface area contributed by atoms with E-state index in [2.05, 4.69) is 22.0 Å². The van der Waals surface area contributed by atoms with Crippen LogP contribution in [0.5, 0.6) is 0 Å². The highest BCUT2D eigenvalue weighted by atomic mass is 19.1. The van der Waals surface area contributed by atoms with E-state index in [0.717, 1.165) is 44.0 Å². The number of halogens is 1. The highest BCUT2D eigenvalue weighted by Crippen LogP contribution is 2.17. The van der Waals surface area contributed by atoms with Gasteiger partial charge in [0.2, 0.25) is 5.91 Å². The van der Waals surface area contributed by atoms with E-state index in [-0.39, 0.29) is 11.7 Å². The SMILES string of the molecule is CCc1ccc(NC(=O)CN2CCN(c3ccc(F)cc3)CC2)cc1. The average molecular weight is 341 g/mol. The van der Waals surface area contributed by atoms with Crippen molar-refractivity contribution in [1.82, 2.24) is 4.90 Å². The van der Waals surface area contributed by atoms with E-state index in [9.17, 15) is 9.18 Å². The Kier molecular flexibility index (Phi) is 5.66. The predicted molar refractivity (Wildman–Crippen MR) is 99.5 cm³/mol. The lowest BCUT2D eigenvalue weighted by Gasteiger charge is -2.35. The zero-order valence-electron chi connectivity index (χ0n) is 14.5. The molecule has 1 amide bonds. The molecule has 0 radical (unpaired) electrons. The molecule has 1 aliphatic rings. The van der Waals surface area contributed by atoms with Gasteiger partial charge in [0.1, 0.15) is 5.82 Å². The Morgan fingerprint density at radius 3 is 2.24 bits per heavy atom. The van der Waals surface area contributed by atoms with Crippen molar-refractivity contribution in [3.8, 4) is 0 Å². The number of carbonyl (C=O) groups is 1. The molecule has 132 valence electrons. The predicted octanol–water partition coefficient (Wildman–Crippen LogP) is 3.15. The maximum absolute atomic E-state index is 13.0. The minimum atomic E-state index is -0.217. The fraction of sp³-hybridized carbons (Fsp3) is 0.350. The van der Waals surface area contributed by atoms with Crippen LogP contribution in [0.1, 0.15) is 12.5 Å². The van der Waals surface area contributed by atoms with Crippen molar-refractivity contribution in [3.63, 3.8) is 0 Å². The third-order valence-electron chi connectivity index (χ3n) is 4.58.